The average molecular weight is 269 g/mol. The lowest BCUT2D eigenvalue weighted by Gasteiger charge is -2.18. The highest BCUT2D eigenvalue weighted by atomic mass is 32.1. The van der Waals surface area contributed by atoms with E-state index in [1.54, 1.807) is 19.4 Å². The Bertz CT molecular complexity index is 568. The molecule has 0 amide bonds. The Morgan fingerprint density at radius 3 is 2.61 bits per heavy atom. The number of aryl methyl sites for hydroxylation is 2. The molecule has 1 aromatic carbocycles. The molecule has 1 unspecified atom stereocenters. The third-order valence-corrected chi connectivity index (χ3v) is 3.82. The molecule has 2 aromatic rings. The molecule has 2 rings (SSSR count). The number of benzene rings is 1. The van der Waals surface area contributed by atoms with Gasteiger partial charge in [0, 0.05) is 5.56 Å². The summed E-state index contributed by atoms with van der Waals surface area (Å²) < 4.78 is 27.9. The summed E-state index contributed by atoms with van der Waals surface area (Å²) in [5, 5.41) is 0. The van der Waals surface area contributed by atoms with Crippen molar-refractivity contribution in [1.29, 1.82) is 0 Å². The molecule has 3 N–H and O–H groups in total. The molecule has 1 atom stereocenters. The van der Waals surface area contributed by atoms with Crippen LogP contribution in [0.3, 0.4) is 0 Å². The summed E-state index contributed by atoms with van der Waals surface area (Å²) in [5.41, 5.74) is 5.12. The second-order valence-electron chi connectivity index (χ2n) is 3.99. The highest BCUT2D eigenvalue weighted by Crippen LogP contribution is 2.31. The minimum Gasteiger partial charge on any atom is -0.271 e. The van der Waals surface area contributed by atoms with Crippen LogP contribution in [-0.2, 0) is 0 Å². The molecule has 18 heavy (non-hydrogen) atoms. The van der Waals surface area contributed by atoms with Crippen molar-refractivity contribution in [1.82, 2.24) is 10.4 Å². The van der Waals surface area contributed by atoms with Crippen molar-refractivity contribution in [3.05, 3.63) is 51.0 Å². The van der Waals surface area contributed by atoms with Crippen LogP contribution in [0.5, 0.6) is 0 Å². The zero-order valence-corrected chi connectivity index (χ0v) is 10.8. The maximum absolute atomic E-state index is 14.1. The zero-order valence-electron chi connectivity index (χ0n) is 10.00. The fourth-order valence-corrected chi connectivity index (χ4v) is 2.69. The van der Waals surface area contributed by atoms with Crippen molar-refractivity contribution in [3.8, 4) is 0 Å². The van der Waals surface area contributed by atoms with Gasteiger partial charge < -0.3 is 0 Å². The van der Waals surface area contributed by atoms with Crippen LogP contribution in [0.2, 0.25) is 0 Å². The summed E-state index contributed by atoms with van der Waals surface area (Å²) in [7, 11) is 0. The van der Waals surface area contributed by atoms with Gasteiger partial charge in [0.15, 0.2) is 0 Å². The van der Waals surface area contributed by atoms with Gasteiger partial charge in [0.05, 0.1) is 22.1 Å². The van der Waals surface area contributed by atoms with E-state index < -0.39 is 17.7 Å². The molecule has 0 saturated heterocycles. The van der Waals surface area contributed by atoms with Crippen LogP contribution in [-0.4, -0.2) is 4.98 Å². The van der Waals surface area contributed by atoms with Crippen LogP contribution >= 0.6 is 11.3 Å². The van der Waals surface area contributed by atoms with E-state index in [1.807, 2.05) is 0 Å². The Morgan fingerprint density at radius 1 is 1.33 bits per heavy atom. The molecular formula is C12H13F2N3S. The quantitative estimate of drug-likeness (QED) is 0.665. The summed E-state index contributed by atoms with van der Waals surface area (Å²) >= 11 is 1.31. The Kier molecular flexibility index (Phi) is 3.70. The van der Waals surface area contributed by atoms with Gasteiger partial charge in [0.25, 0.3) is 0 Å². The first-order chi connectivity index (χ1) is 8.56. The number of rotatable bonds is 3. The fourth-order valence-electron chi connectivity index (χ4n) is 1.82. The van der Waals surface area contributed by atoms with E-state index in [1.165, 1.54) is 23.5 Å². The molecule has 0 aliphatic heterocycles. The smallest absolute Gasteiger partial charge is 0.134 e. The van der Waals surface area contributed by atoms with Gasteiger partial charge in [-0.3, -0.25) is 5.84 Å². The van der Waals surface area contributed by atoms with Gasteiger partial charge in [-0.1, -0.05) is 6.07 Å². The van der Waals surface area contributed by atoms with Crippen LogP contribution < -0.4 is 11.3 Å². The van der Waals surface area contributed by atoms with Crippen molar-refractivity contribution >= 4 is 11.3 Å². The predicted octanol–water partition coefficient (Wildman–Crippen LogP) is 2.59. The normalized spacial score (nSPS) is 12.7. The van der Waals surface area contributed by atoms with E-state index in [2.05, 4.69) is 10.4 Å². The summed E-state index contributed by atoms with van der Waals surface area (Å²) in [6.07, 6.45) is 0. The number of hydrazine groups is 1. The second kappa shape index (κ2) is 5.09. The second-order valence-corrected chi connectivity index (χ2v) is 4.88. The molecule has 0 radical (unpaired) electrons. The molecule has 3 nitrogen and oxygen atoms in total. The fraction of sp³-hybridized carbons (Fsp3) is 0.250. The standard InChI is InChI=1S/C12H13F2N3S/c1-6-3-4-8(13)9(10(6)14)11(17-15)12-7(2)16-5-18-12/h3-5,11,17H,15H2,1-2H3. The molecule has 0 aliphatic rings. The van der Waals surface area contributed by atoms with E-state index in [4.69, 9.17) is 5.84 Å². The first-order valence-electron chi connectivity index (χ1n) is 5.36. The third kappa shape index (κ3) is 2.14. The van der Waals surface area contributed by atoms with Gasteiger partial charge >= 0.3 is 0 Å². The minimum absolute atomic E-state index is 0.0650. The lowest BCUT2D eigenvalue weighted by atomic mass is 10.0. The molecule has 96 valence electrons. The SMILES string of the molecule is Cc1ccc(F)c(C(NN)c2scnc2C)c1F. The van der Waals surface area contributed by atoms with Crippen LogP contribution in [0.4, 0.5) is 8.78 Å². The molecule has 0 spiro atoms. The van der Waals surface area contributed by atoms with Crippen LogP contribution in [0, 0.1) is 25.5 Å². The van der Waals surface area contributed by atoms with Crippen molar-refractivity contribution in [2.75, 3.05) is 0 Å². The highest BCUT2D eigenvalue weighted by Gasteiger charge is 2.24. The van der Waals surface area contributed by atoms with Crippen LogP contribution in [0.1, 0.15) is 27.7 Å². The number of hydrogen-bond donors (Lipinski definition) is 2. The van der Waals surface area contributed by atoms with E-state index in [9.17, 15) is 8.78 Å². The number of hydrogen-bond acceptors (Lipinski definition) is 4. The topological polar surface area (TPSA) is 50.9 Å². The van der Waals surface area contributed by atoms with E-state index in [0.717, 1.165) is 0 Å². The first-order valence-corrected chi connectivity index (χ1v) is 6.24. The molecule has 6 heteroatoms. The lowest BCUT2D eigenvalue weighted by molar-refractivity contribution is 0.508. The largest absolute Gasteiger partial charge is 0.271 e. The maximum Gasteiger partial charge on any atom is 0.134 e. The number of halogens is 2. The van der Waals surface area contributed by atoms with Crippen LogP contribution in [0.15, 0.2) is 17.6 Å². The van der Waals surface area contributed by atoms with Gasteiger partial charge in [-0.2, -0.15) is 0 Å². The van der Waals surface area contributed by atoms with Gasteiger partial charge in [-0.25, -0.2) is 19.2 Å². The minimum atomic E-state index is -0.725. The Hall–Kier alpha value is -1.37. The summed E-state index contributed by atoms with van der Waals surface area (Å²) in [6.45, 7) is 3.37. The Morgan fingerprint density at radius 2 is 2.06 bits per heavy atom. The number of thiazole rings is 1. The summed E-state index contributed by atoms with van der Waals surface area (Å²) in [4.78, 5) is 4.78. The molecular weight excluding hydrogens is 256 g/mol. The van der Waals surface area contributed by atoms with Crippen molar-refractivity contribution in [2.45, 2.75) is 19.9 Å². The maximum atomic E-state index is 14.1. The monoisotopic (exact) mass is 269 g/mol. The van der Waals surface area contributed by atoms with Gasteiger partial charge in [0.1, 0.15) is 11.6 Å². The number of nitrogens with one attached hydrogen (secondary N) is 1. The Labute approximate surface area is 108 Å². The van der Waals surface area contributed by atoms with Crippen molar-refractivity contribution < 1.29 is 8.78 Å². The molecule has 1 aromatic heterocycles. The van der Waals surface area contributed by atoms with Crippen LogP contribution in [0.25, 0.3) is 0 Å². The average Bonchev–Trinajstić information content (AvgIpc) is 2.76. The highest BCUT2D eigenvalue weighted by molar-refractivity contribution is 7.09. The molecule has 0 fully saturated rings. The van der Waals surface area contributed by atoms with E-state index in [0.29, 0.717) is 16.1 Å². The van der Waals surface area contributed by atoms with Gasteiger partial charge in [-0.05, 0) is 25.5 Å². The first kappa shape index (κ1) is 13.1. The number of nitrogens with zero attached hydrogens (tertiary/aromatic N) is 1. The summed E-state index contributed by atoms with van der Waals surface area (Å²) in [6, 6.07) is 1.92. The third-order valence-electron chi connectivity index (χ3n) is 2.82. The van der Waals surface area contributed by atoms with Gasteiger partial charge in [0.2, 0.25) is 0 Å². The van der Waals surface area contributed by atoms with E-state index >= 15 is 0 Å². The van der Waals surface area contributed by atoms with Crippen molar-refractivity contribution in [3.63, 3.8) is 0 Å². The Balaban J connectivity index is 2.59. The number of nitrogens with two attached hydrogens (primary N) is 1. The number of aromatic nitrogens is 1. The predicted molar refractivity (Wildman–Crippen MR) is 67.1 cm³/mol. The van der Waals surface area contributed by atoms with Gasteiger partial charge in [-0.15, -0.1) is 11.3 Å². The van der Waals surface area contributed by atoms with E-state index in [-0.39, 0.29) is 5.56 Å². The molecule has 0 aliphatic carbocycles. The molecule has 1 heterocycles. The zero-order chi connectivity index (χ0) is 13.3. The molecule has 0 bridgehead atoms. The lowest BCUT2D eigenvalue weighted by Crippen LogP contribution is -2.30. The van der Waals surface area contributed by atoms with Crippen molar-refractivity contribution in [2.24, 2.45) is 5.84 Å². The summed E-state index contributed by atoms with van der Waals surface area (Å²) in [5.74, 6) is 4.25. The molecule has 0 saturated carbocycles.